The van der Waals surface area contributed by atoms with Crippen LogP contribution in [0.1, 0.15) is 32.6 Å². The minimum Gasteiger partial charge on any atom is -0.494 e. The summed E-state index contributed by atoms with van der Waals surface area (Å²) in [7, 11) is 0. The minimum absolute atomic E-state index is 0.0873. The maximum atomic E-state index is 12.1. The van der Waals surface area contributed by atoms with Crippen molar-refractivity contribution in [3.63, 3.8) is 0 Å². The smallest absolute Gasteiger partial charge is 0.228 e. The second kappa shape index (κ2) is 7.90. The molecule has 0 aliphatic carbocycles. The molecule has 1 saturated heterocycles. The van der Waals surface area contributed by atoms with Gasteiger partial charge in [0.05, 0.1) is 12.5 Å². The molecule has 2 N–H and O–H groups in total. The normalized spacial score (nSPS) is 18.6. The molecule has 1 heterocycles. The third kappa shape index (κ3) is 4.53. The number of anilines is 1. The molecule has 0 radical (unpaired) electrons. The predicted molar refractivity (Wildman–Crippen MR) is 81.1 cm³/mol. The lowest BCUT2D eigenvalue weighted by Crippen LogP contribution is -2.37. The summed E-state index contributed by atoms with van der Waals surface area (Å²) in [6.07, 6.45) is 4.23. The Hall–Kier alpha value is -1.55. The molecule has 0 spiro atoms. The van der Waals surface area contributed by atoms with Gasteiger partial charge < -0.3 is 15.4 Å². The minimum atomic E-state index is 0.0873. The molecule has 1 aliphatic heterocycles. The molecular formula is C16H24N2O2. The fourth-order valence-electron chi connectivity index (χ4n) is 2.29. The quantitative estimate of drug-likeness (QED) is 0.786. The average molecular weight is 276 g/mol. The highest BCUT2D eigenvalue weighted by atomic mass is 16.5. The van der Waals surface area contributed by atoms with Gasteiger partial charge in [0.25, 0.3) is 0 Å². The van der Waals surface area contributed by atoms with Crippen LogP contribution >= 0.6 is 0 Å². The number of ether oxygens (including phenoxy) is 1. The molecular weight excluding hydrogens is 252 g/mol. The molecule has 0 bridgehead atoms. The largest absolute Gasteiger partial charge is 0.494 e. The fourth-order valence-corrected chi connectivity index (χ4v) is 2.29. The number of benzene rings is 1. The van der Waals surface area contributed by atoms with Crippen LogP contribution in [-0.2, 0) is 4.79 Å². The molecule has 1 amide bonds. The number of rotatable bonds is 6. The van der Waals surface area contributed by atoms with E-state index >= 15 is 0 Å². The molecule has 1 unspecified atom stereocenters. The van der Waals surface area contributed by atoms with Crippen LogP contribution in [0.5, 0.6) is 5.75 Å². The van der Waals surface area contributed by atoms with Gasteiger partial charge >= 0.3 is 0 Å². The van der Waals surface area contributed by atoms with Crippen LogP contribution in [0.4, 0.5) is 5.69 Å². The zero-order valence-electron chi connectivity index (χ0n) is 12.2. The van der Waals surface area contributed by atoms with E-state index in [1.54, 1.807) is 0 Å². The Labute approximate surface area is 120 Å². The Balaban J connectivity index is 1.81. The molecule has 0 saturated carbocycles. The summed E-state index contributed by atoms with van der Waals surface area (Å²) in [5, 5.41) is 6.23. The Bertz CT molecular complexity index is 411. The van der Waals surface area contributed by atoms with E-state index in [9.17, 15) is 4.79 Å². The summed E-state index contributed by atoms with van der Waals surface area (Å²) < 4.78 is 5.60. The Kier molecular flexibility index (Phi) is 5.87. The van der Waals surface area contributed by atoms with Crippen molar-refractivity contribution in [1.82, 2.24) is 5.32 Å². The van der Waals surface area contributed by atoms with Crippen molar-refractivity contribution in [2.75, 3.05) is 25.0 Å². The molecule has 2 rings (SSSR count). The number of hydrogen-bond donors (Lipinski definition) is 2. The lowest BCUT2D eigenvalue weighted by molar-refractivity contribution is -0.120. The molecule has 1 aromatic rings. The van der Waals surface area contributed by atoms with E-state index in [1.165, 1.54) is 0 Å². The SMILES string of the molecule is CCCCOc1ccc(NC(=O)C2CCCNC2)cc1. The Morgan fingerprint density at radius 1 is 1.40 bits per heavy atom. The van der Waals surface area contributed by atoms with Crippen molar-refractivity contribution >= 4 is 11.6 Å². The van der Waals surface area contributed by atoms with Gasteiger partial charge in [-0.25, -0.2) is 0 Å². The first-order chi connectivity index (χ1) is 9.79. The van der Waals surface area contributed by atoms with Gasteiger partial charge in [-0.1, -0.05) is 13.3 Å². The molecule has 4 heteroatoms. The summed E-state index contributed by atoms with van der Waals surface area (Å²) in [4.78, 5) is 12.1. The van der Waals surface area contributed by atoms with Crippen molar-refractivity contribution in [2.24, 2.45) is 5.92 Å². The highest BCUT2D eigenvalue weighted by molar-refractivity contribution is 5.92. The number of piperidine rings is 1. The van der Waals surface area contributed by atoms with Crippen molar-refractivity contribution < 1.29 is 9.53 Å². The first-order valence-electron chi connectivity index (χ1n) is 7.54. The van der Waals surface area contributed by atoms with Crippen LogP contribution in [0.15, 0.2) is 24.3 Å². The zero-order valence-corrected chi connectivity index (χ0v) is 12.2. The van der Waals surface area contributed by atoms with Crippen molar-refractivity contribution in [3.05, 3.63) is 24.3 Å². The monoisotopic (exact) mass is 276 g/mol. The molecule has 1 atom stereocenters. The molecule has 4 nitrogen and oxygen atoms in total. The van der Waals surface area contributed by atoms with Gasteiger partial charge in [0.1, 0.15) is 5.75 Å². The average Bonchev–Trinajstić information content (AvgIpc) is 2.50. The van der Waals surface area contributed by atoms with Gasteiger partial charge in [-0.3, -0.25) is 4.79 Å². The van der Waals surface area contributed by atoms with E-state index in [0.717, 1.165) is 56.8 Å². The van der Waals surface area contributed by atoms with Crippen LogP contribution in [0.25, 0.3) is 0 Å². The Morgan fingerprint density at radius 3 is 2.85 bits per heavy atom. The summed E-state index contributed by atoms with van der Waals surface area (Å²) in [6, 6.07) is 7.61. The van der Waals surface area contributed by atoms with Crippen molar-refractivity contribution in [3.8, 4) is 5.75 Å². The van der Waals surface area contributed by atoms with Crippen LogP contribution in [0.3, 0.4) is 0 Å². The number of unbranched alkanes of at least 4 members (excludes halogenated alkanes) is 1. The maximum Gasteiger partial charge on any atom is 0.228 e. The number of nitrogens with one attached hydrogen (secondary N) is 2. The van der Waals surface area contributed by atoms with Gasteiger partial charge in [0.2, 0.25) is 5.91 Å². The van der Waals surface area contributed by atoms with Gasteiger partial charge in [-0.2, -0.15) is 0 Å². The first-order valence-corrected chi connectivity index (χ1v) is 7.54. The molecule has 20 heavy (non-hydrogen) atoms. The summed E-state index contributed by atoms with van der Waals surface area (Å²) in [6.45, 7) is 4.69. The molecule has 1 fully saturated rings. The lowest BCUT2D eigenvalue weighted by atomic mass is 9.99. The molecule has 0 aromatic heterocycles. The number of amides is 1. The molecule has 1 aliphatic rings. The van der Waals surface area contributed by atoms with E-state index in [2.05, 4.69) is 17.6 Å². The standard InChI is InChI=1S/C16H24N2O2/c1-2-3-11-20-15-8-6-14(7-9-15)18-16(19)13-5-4-10-17-12-13/h6-9,13,17H,2-5,10-12H2,1H3,(H,18,19). The molecule has 1 aromatic carbocycles. The summed E-state index contributed by atoms with van der Waals surface area (Å²) in [5.41, 5.74) is 0.836. The maximum absolute atomic E-state index is 12.1. The second-order valence-corrected chi connectivity index (χ2v) is 5.26. The van der Waals surface area contributed by atoms with Crippen molar-refractivity contribution in [2.45, 2.75) is 32.6 Å². The highest BCUT2D eigenvalue weighted by Crippen LogP contribution is 2.18. The third-order valence-electron chi connectivity index (χ3n) is 3.56. The number of carbonyl (C=O) groups excluding carboxylic acids is 1. The van der Waals surface area contributed by atoms with Crippen LogP contribution < -0.4 is 15.4 Å². The van der Waals surface area contributed by atoms with Crippen LogP contribution in [0.2, 0.25) is 0 Å². The summed E-state index contributed by atoms with van der Waals surface area (Å²) in [5.74, 6) is 1.05. The van der Waals surface area contributed by atoms with Gasteiger partial charge in [-0.05, 0) is 50.1 Å². The van der Waals surface area contributed by atoms with E-state index in [4.69, 9.17) is 4.74 Å². The second-order valence-electron chi connectivity index (χ2n) is 5.26. The lowest BCUT2D eigenvalue weighted by Gasteiger charge is -2.21. The van der Waals surface area contributed by atoms with Gasteiger partial charge in [0, 0.05) is 12.2 Å². The number of hydrogen-bond acceptors (Lipinski definition) is 3. The van der Waals surface area contributed by atoms with E-state index in [0.29, 0.717) is 0 Å². The van der Waals surface area contributed by atoms with Gasteiger partial charge in [-0.15, -0.1) is 0 Å². The first kappa shape index (κ1) is 14.9. The summed E-state index contributed by atoms with van der Waals surface area (Å²) >= 11 is 0. The van der Waals surface area contributed by atoms with Gasteiger partial charge in [0.15, 0.2) is 0 Å². The van der Waals surface area contributed by atoms with E-state index in [-0.39, 0.29) is 11.8 Å². The van der Waals surface area contributed by atoms with E-state index in [1.807, 2.05) is 24.3 Å². The topological polar surface area (TPSA) is 50.4 Å². The van der Waals surface area contributed by atoms with Crippen LogP contribution in [-0.4, -0.2) is 25.6 Å². The van der Waals surface area contributed by atoms with Crippen LogP contribution in [0, 0.1) is 5.92 Å². The molecule has 110 valence electrons. The Morgan fingerprint density at radius 2 is 2.20 bits per heavy atom. The van der Waals surface area contributed by atoms with E-state index < -0.39 is 0 Å². The zero-order chi connectivity index (χ0) is 14.2. The fraction of sp³-hybridized carbons (Fsp3) is 0.562. The predicted octanol–water partition coefficient (Wildman–Crippen LogP) is 2.80. The highest BCUT2D eigenvalue weighted by Gasteiger charge is 2.20. The number of carbonyl (C=O) groups is 1. The van der Waals surface area contributed by atoms with Crippen molar-refractivity contribution in [1.29, 1.82) is 0 Å². The third-order valence-corrected chi connectivity index (χ3v) is 3.56.